The van der Waals surface area contributed by atoms with Crippen molar-refractivity contribution in [2.45, 2.75) is 85.5 Å². The predicted octanol–water partition coefficient (Wildman–Crippen LogP) is 6.06. The fourth-order valence-electron chi connectivity index (χ4n) is 4.04. The van der Waals surface area contributed by atoms with Gasteiger partial charge in [0.25, 0.3) is 0 Å². The summed E-state index contributed by atoms with van der Waals surface area (Å²) < 4.78 is 0. The minimum absolute atomic E-state index is 0.967. The van der Waals surface area contributed by atoms with Gasteiger partial charge in [0.15, 0.2) is 0 Å². The Hall–Kier alpha value is 0. The fraction of sp³-hybridized carbons (Fsp3) is 1.00. The van der Waals surface area contributed by atoms with E-state index in [-0.39, 0.29) is 0 Å². The van der Waals surface area contributed by atoms with Gasteiger partial charge in [-0.3, -0.25) is 0 Å². The van der Waals surface area contributed by atoms with Crippen molar-refractivity contribution in [1.82, 2.24) is 0 Å². The lowest BCUT2D eigenvalue weighted by molar-refractivity contribution is 0.225. The van der Waals surface area contributed by atoms with Gasteiger partial charge >= 0.3 is 0 Å². The fourth-order valence-corrected chi connectivity index (χ4v) is 4.04. The zero-order valence-electron chi connectivity index (χ0n) is 12.7. The van der Waals surface area contributed by atoms with Crippen molar-refractivity contribution >= 4 is 0 Å². The molecule has 0 aromatic carbocycles. The van der Waals surface area contributed by atoms with Crippen LogP contribution in [0.15, 0.2) is 0 Å². The second-order valence-corrected chi connectivity index (χ2v) is 6.41. The van der Waals surface area contributed by atoms with Crippen LogP contribution >= 0.6 is 0 Å². The normalized spacial score (nSPS) is 32.1. The molecule has 1 fully saturated rings. The first-order valence-corrected chi connectivity index (χ1v) is 8.22. The first kappa shape index (κ1) is 15.1. The second kappa shape index (κ2) is 8.16. The molecule has 0 spiro atoms. The monoisotopic (exact) mass is 238 g/mol. The van der Waals surface area contributed by atoms with Crippen LogP contribution in [0.2, 0.25) is 0 Å². The van der Waals surface area contributed by atoms with Gasteiger partial charge in [-0.2, -0.15) is 0 Å². The Morgan fingerprint density at radius 2 is 1.76 bits per heavy atom. The quantitative estimate of drug-likeness (QED) is 0.494. The van der Waals surface area contributed by atoms with Crippen LogP contribution in [-0.4, -0.2) is 0 Å². The summed E-state index contributed by atoms with van der Waals surface area (Å²) >= 11 is 0. The van der Waals surface area contributed by atoms with Crippen LogP contribution in [0.25, 0.3) is 0 Å². The van der Waals surface area contributed by atoms with E-state index in [4.69, 9.17) is 0 Å². The molecular weight excluding hydrogens is 204 g/mol. The van der Waals surface area contributed by atoms with E-state index < -0.39 is 0 Å². The van der Waals surface area contributed by atoms with Crippen molar-refractivity contribution in [3.63, 3.8) is 0 Å². The van der Waals surface area contributed by atoms with Crippen LogP contribution in [0.1, 0.15) is 85.5 Å². The molecule has 0 aromatic heterocycles. The lowest BCUT2D eigenvalue weighted by Crippen LogP contribution is -2.18. The molecule has 1 saturated carbocycles. The molecule has 0 nitrogen and oxygen atoms in total. The molecular formula is C17H34. The molecule has 0 heterocycles. The van der Waals surface area contributed by atoms with E-state index in [2.05, 4.69) is 27.7 Å². The summed E-state index contributed by atoms with van der Waals surface area (Å²) in [4.78, 5) is 0. The molecule has 0 amide bonds. The lowest BCUT2D eigenvalue weighted by atomic mass is 9.77. The van der Waals surface area contributed by atoms with E-state index in [0.717, 1.165) is 23.7 Å². The zero-order valence-corrected chi connectivity index (χ0v) is 12.7. The third-order valence-corrected chi connectivity index (χ3v) is 5.15. The van der Waals surface area contributed by atoms with Crippen molar-refractivity contribution in [3.8, 4) is 0 Å². The van der Waals surface area contributed by atoms with E-state index >= 15 is 0 Å². The third-order valence-electron chi connectivity index (χ3n) is 5.15. The van der Waals surface area contributed by atoms with Gasteiger partial charge < -0.3 is 0 Å². The Labute approximate surface area is 110 Å². The van der Waals surface area contributed by atoms with Gasteiger partial charge in [-0.05, 0) is 30.1 Å². The highest BCUT2D eigenvalue weighted by Crippen LogP contribution is 2.40. The molecule has 0 bridgehead atoms. The summed E-state index contributed by atoms with van der Waals surface area (Å²) in [6, 6.07) is 0. The summed E-state index contributed by atoms with van der Waals surface area (Å²) in [6.07, 6.45) is 13.2. The molecule has 0 aromatic rings. The molecule has 0 heteroatoms. The van der Waals surface area contributed by atoms with Gasteiger partial charge in [0, 0.05) is 0 Å². The molecule has 1 rings (SSSR count). The molecule has 0 aliphatic heterocycles. The summed E-state index contributed by atoms with van der Waals surface area (Å²) in [5.41, 5.74) is 0. The number of hydrogen-bond acceptors (Lipinski definition) is 0. The van der Waals surface area contributed by atoms with Crippen LogP contribution in [0.4, 0.5) is 0 Å². The SMILES string of the molecule is CCCC(C)C1CCCC(CCC)C(CC)C1. The standard InChI is InChI=1S/C17H34/c1-5-9-14(4)17-12-8-11-16(10-6-2)15(7-3)13-17/h14-17H,5-13H2,1-4H3. The molecule has 4 unspecified atom stereocenters. The average Bonchev–Trinajstić information content (AvgIpc) is 2.52. The average molecular weight is 238 g/mol. The van der Waals surface area contributed by atoms with E-state index in [1.54, 1.807) is 0 Å². The summed E-state index contributed by atoms with van der Waals surface area (Å²) in [6.45, 7) is 9.61. The Kier molecular flexibility index (Phi) is 7.23. The second-order valence-electron chi connectivity index (χ2n) is 6.41. The lowest BCUT2D eigenvalue weighted by Gasteiger charge is -2.28. The van der Waals surface area contributed by atoms with E-state index in [1.165, 1.54) is 57.8 Å². The van der Waals surface area contributed by atoms with Gasteiger partial charge in [0.05, 0.1) is 0 Å². The van der Waals surface area contributed by atoms with Crippen LogP contribution in [-0.2, 0) is 0 Å². The van der Waals surface area contributed by atoms with Crippen LogP contribution < -0.4 is 0 Å². The molecule has 1 aliphatic rings. The Morgan fingerprint density at radius 3 is 2.35 bits per heavy atom. The highest BCUT2D eigenvalue weighted by atomic mass is 14.3. The minimum Gasteiger partial charge on any atom is -0.0654 e. The highest BCUT2D eigenvalue weighted by molar-refractivity contribution is 4.79. The van der Waals surface area contributed by atoms with Gasteiger partial charge in [-0.15, -0.1) is 0 Å². The molecule has 17 heavy (non-hydrogen) atoms. The summed E-state index contributed by atoms with van der Waals surface area (Å²) in [5, 5.41) is 0. The highest BCUT2D eigenvalue weighted by Gasteiger charge is 2.28. The topological polar surface area (TPSA) is 0 Å². The van der Waals surface area contributed by atoms with Gasteiger partial charge in [0.1, 0.15) is 0 Å². The first-order chi connectivity index (χ1) is 8.22. The molecule has 0 N–H and O–H groups in total. The van der Waals surface area contributed by atoms with Crippen molar-refractivity contribution in [2.24, 2.45) is 23.7 Å². The molecule has 0 radical (unpaired) electrons. The van der Waals surface area contributed by atoms with Crippen LogP contribution in [0, 0.1) is 23.7 Å². The van der Waals surface area contributed by atoms with Crippen molar-refractivity contribution in [3.05, 3.63) is 0 Å². The van der Waals surface area contributed by atoms with Gasteiger partial charge in [-0.1, -0.05) is 79.1 Å². The summed E-state index contributed by atoms with van der Waals surface area (Å²) in [5.74, 6) is 4.07. The predicted molar refractivity (Wildman–Crippen MR) is 78.2 cm³/mol. The largest absolute Gasteiger partial charge is 0.0654 e. The molecule has 1 aliphatic carbocycles. The molecule has 102 valence electrons. The van der Waals surface area contributed by atoms with Crippen LogP contribution in [0.3, 0.4) is 0 Å². The van der Waals surface area contributed by atoms with Crippen molar-refractivity contribution < 1.29 is 0 Å². The van der Waals surface area contributed by atoms with Crippen molar-refractivity contribution in [1.29, 1.82) is 0 Å². The van der Waals surface area contributed by atoms with E-state index in [0.29, 0.717) is 0 Å². The van der Waals surface area contributed by atoms with Gasteiger partial charge in [0.2, 0.25) is 0 Å². The third kappa shape index (κ3) is 4.64. The molecule has 0 saturated heterocycles. The number of rotatable bonds is 6. The Morgan fingerprint density at radius 1 is 1.00 bits per heavy atom. The maximum Gasteiger partial charge on any atom is -0.0386 e. The minimum atomic E-state index is 0.967. The Balaban J connectivity index is 2.55. The van der Waals surface area contributed by atoms with Crippen molar-refractivity contribution in [2.75, 3.05) is 0 Å². The first-order valence-electron chi connectivity index (χ1n) is 8.22. The number of hydrogen-bond donors (Lipinski definition) is 0. The Bertz CT molecular complexity index is 184. The zero-order chi connectivity index (χ0) is 12.7. The van der Waals surface area contributed by atoms with Gasteiger partial charge in [-0.25, -0.2) is 0 Å². The maximum absolute atomic E-state index is 2.50. The molecule has 4 atom stereocenters. The maximum atomic E-state index is 2.50. The van der Waals surface area contributed by atoms with Crippen LogP contribution in [0.5, 0.6) is 0 Å². The smallest absolute Gasteiger partial charge is 0.0386 e. The van der Waals surface area contributed by atoms with E-state index in [9.17, 15) is 0 Å². The van der Waals surface area contributed by atoms with E-state index in [1.807, 2.05) is 0 Å². The summed E-state index contributed by atoms with van der Waals surface area (Å²) in [7, 11) is 0.